The molecular weight excluding hydrogens is 308 g/mol. The number of piperidine rings is 1. The summed E-state index contributed by atoms with van der Waals surface area (Å²) in [5, 5.41) is 1.26. The molecule has 2 saturated heterocycles. The Hall–Kier alpha value is -1.33. The second-order valence-electron chi connectivity index (χ2n) is 7.09. The van der Waals surface area contributed by atoms with Gasteiger partial charge in [-0.1, -0.05) is 24.6 Å². The minimum atomic E-state index is -2.78. The first-order chi connectivity index (χ1) is 11.1. The fourth-order valence-corrected chi connectivity index (χ4v) is 6.03. The number of nitrogens with zero attached hydrogens (tertiary/aromatic N) is 1. The number of sulfone groups is 1. The van der Waals surface area contributed by atoms with Crippen LogP contribution in [0.5, 0.6) is 0 Å². The second-order valence-corrected chi connectivity index (χ2v) is 9.32. The number of rotatable bonds is 3. The van der Waals surface area contributed by atoms with Crippen LogP contribution >= 0.6 is 0 Å². The zero-order valence-corrected chi connectivity index (χ0v) is 14.2. The van der Waals surface area contributed by atoms with Gasteiger partial charge in [-0.2, -0.15) is 0 Å². The van der Waals surface area contributed by atoms with Crippen LogP contribution in [0.2, 0.25) is 0 Å². The number of aromatic amines is 1. The standard InChI is InChI=1S/C18H24N2O2S/c21-23(22)10-8-14(13-23)12-20-9-4-3-7-18(20)17-11-15-5-1-2-6-16(15)19-17/h1-2,5-6,11,14,18-19H,3-4,7-10,12-13H2/t14-,18+/m0/s1. The Kier molecular flexibility index (Phi) is 3.93. The van der Waals surface area contributed by atoms with Crippen molar-refractivity contribution in [3.63, 3.8) is 0 Å². The molecule has 1 aromatic carbocycles. The zero-order valence-electron chi connectivity index (χ0n) is 13.4. The van der Waals surface area contributed by atoms with Crippen LogP contribution in [0.1, 0.15) is 37.4 Å². The molecule has 3 heterocycles. The summed E-state index contributed by atoms with van der Waals surface area (Å²) in [6.45, 7) is 2.00. The van der Waals surface area contributed by atoms with Gasteiger partial charge < -0.3 is 4.98 Å². The lowest BCUT2D eigenvalue weighted by Gasteiger charge is -2.36. The molecule has 4 rings (SSSR count). The Morgan fingerprint density at radius 1 is 1.17 bits per heavy atom. The van der Waals surface area contributed by atoms with Gasteiger partial charge in [0.1, 0.15) is 0 Å². The largest absolute Gasteiger partial charge is 0.357 e. The molecule has 4 nitrogen and oxygen atoms in total. The van der Waals surface area contributed by atoms with Crippen molar-refractivity contribution in [3.8, 4) is 0 Å². The minimum Gasteiger partial charge on any atom is -0.357 e. The van der Waals surface area contributed by atoms with E-state index in [2.05, 4.69) is 40.2 Å². The summed E-state index contributed by atoms with van der Waals surface area (Å²) in [4.78, 5) is 6.09. The van der Waals surface area contributed by atoms with E-state index in [4.69, 9.17) is 0 Å². The highest BCUT2D eigenvalue weighted by Gasteiger charge is 2.32. The predicted octanol–water partition coefficient (Wildman–Crippen LogP) is 3.13. The lowest BCUT2D eigenvalue weighted by molar-refractivity contribution is 0.127. The summed E-state index contributed by atoms with van der Waals surface area (Å²) >= 11 is 0. The topological polar surface area (TPSA) is 53.2 Å². The van der Waals surface area contributed by atoms with Gasteiger partial charge >= 0.3 is 0 Å². The molecule has 0 aliphatic carbocycles. The summed E-state index contributed by atoms with van der Waals surface area (Å²) in [5.41, 5.74) is 2.48. The number of fused-ring (bicyclic) bond motifs is 1. The molecule has 5 heteroatoms. The van der Waals surface area contributed by atoms with Gasteiger partial charge in [0, 0.05) is 23.8 Å². The molecule has 0 bridgehead atoms. The van der Waals surface area contributed by atoms with Gasteiger partial charge in [0.2, 0.25) is 0 Å². The van der Waals surface area contributed by atoms with Crippen LogP contribution in [-0.2, 0) is 9.84 Å². The normalized spacial score (nSPS) is 28.3. The van der Waals surface area contributed by atoms with Crippen LogP contribution in [0.15, 0.2) is 30.3 Å². The van der Waals surface area contributed by atoms with Crippen LogP contribution in [0.25, 0.3) is 10.9 Å². The van der Waals surface area contributed by atoms with Crippen molar-refractivity contribution in [1.82, 2.24) is 9.88 Å². The van der Waals surface area contributed by atoms with E-state index < -0.39 is 9.84 Å². The molecule has 2 aliphatic heterocycles. The summed E-state index contributed by atoms with van der Waals surface area (Å²) in [5.74, 6) is 1.07. The van der Waals surface area contributed by atoms with E-state index in [0.717, 1.165) is 25.9 Å². The molecule has 0 amide bonds. The van der Waals surface area contributed by atoms with Crippen LogP contribution in [0, 0.1) is 5.92 Å². The molecule has 1 aromatic heterocycles. The lowest BCUT2D eigenvalue weighted by atomic mass is 9.97. The maximum Gasteiger partial charge on any atom is 0.150 e. The highest BCUT2D eigenvalue weighted by molar-refractivity contribution is 7.91. The first kappa shape index (κ1) is 15.2. The summed E-state index contributed by atoms with van der Waals surface area (Å²) in [7, 11) is -2.78. The first-order valence-corrected chi connectivity index (χ1v) is 10.4. The van der Waals surface area contributed by atoms with Gasteiger partial charge in [-0.15, -0.1) is 0 Å². The summed E-state index contributed by atoms with van der Waals surface area (Å²) < 4.78 is 23.5. The monoisotopic (exact) mass is 332 g/mol. The molecule has 2 fully saturated rings. The Balaban J connectivity index is 1.55. The Morgan fingerprint density at radius 2 is 2.04 bits per heavy atom. The Labute approximate surface area is 137 Å². The summed E-state index contributed by atoms with van der Waals surface area (Å²) in [6, 6.07) is 11.1. The van der Waals surface area contributed by atoms with E-state index in [9.17, 15) is 8.42 Å². The number of hydrogen-bond donors (Lipinski definition) is 1. The molecule has 23 heavy (non-hydrogen) atoms. The van der Waals surface area contributed by atoms with Crippen molar-refractivity contribution in [2.24, 2.45) is 5.92 Å². The molecule has 0 spiro atoms. The number of para-hydroxylation sites is 1. The van der Waals surface area contributed by atoms with Crippen molar-refractivity contribution in [3.05, 3.63) is 36.0 Å². The third-order valence-electron chi connectivity index (χ3n) is 5.34. The number of aromatic nitrogens is 1. The van der Waals surface area contributed by atoms with Gasteiger partial charge in [0.15, 0.2) is 9.84 Å². The Morgan fingerprint density at radius 3 is 2.83 bits per heavy atom. The number of benzene rings is 1. The molecule has 2 atom stereocenters. The maximum absolute atomic E-state index is 11.7. The smallest absolute Gasteiger partial charge is 0.150 e. The van der Waals surface area contributed by atoms with E-state index in [0.29, 0.717) is 23.5 Å². The van der Waals surface area contributed by atoms with E-state index in [1.807, 2.05) is 0 Å². The van der Waals surface area contributed by atoms with Crippen molar-refractivity contribution in [2.75, 3.05) is 24.6 Å². The number of hydrogen-bond acceptors (Lipinski definition) is 3. The van der Waals surface area contributed by atoms with Gasteiger partial charge in [0.05, 0.1) is 11.5 Å². The molecule has 1 N–H and O–H groups in total. The van der Waals surface area contributed by atoms with Crippen molar-refractivity contribution < 1.29 is 8.42 Å². The fourth-order valence-electron chi connectivity index (χ4n) is 4.18. The van der Waals surface area contributed by atoms with Gasteiger partial charge in [0.25, 0.3) is 0 Å². The Bertz CT molecular complexity index is 763. The highest BCUT2D eigenvalue weighted by Crippen LogP contribution is 2.34. The predicted molar refractivity (Wildman–Crippen MR) is 93.2 cm³/mol. The minimum absolute atomic E-state index is 0.310. The van der Waals surface area contributed by atoms with Crippen LogP contribution < -0.4 is 0 Å². The maximum atomic E-state index is 11.7. The molecule has 0 saturated carbocycles. The van der Waals surface area contributed by atoms with Gasteiger partial charge in [-0.3, -0.25) is 4.90 Å². The fraction of sp³-hybridized carbons (Fsp3) is 0.556. The third-order valence-corrected chi connectivity index (χ3v) is 7.18. The molecular formula is C18H24N2O2S. The SMILES string of the molecule is O=S1(=O)CC[C@@H](CN2CCCC[C@@H]2c2cc3ccccc3[nH]2)C1. The van der Waals surface area contributed by atoms with Crippen LogP contribution in [0.4, 0.5) is 0 Å². The van der Waals surface area contributed by atoms with E-state index in [1.165, 1.54) is 29.4 Å². The molecule has 0 radical (unpaired) electrons. The third kappa shape index (κ3) is 3.17. The van der Waals surface area contributed by atoms with Crippen LogP contribution in [-0.4, -0.2) is 42.9 Å². The number of nitrogens with one attached hydrogen (secondary N) is 1. The lowest BCUT2D eigenvalue weighted by Crippen LogP contribution is -2.37. The molecule has 2 aliphatic rings. The first-order valence-electron chi connectivity index (χ1n) is 8.63. The van der Waals surface area contributed by atoms with Crippen molar-refractivity contribution >= 4 is 20.7 Å². The zero-order chi connectivity index (χ0) is 15.9. The van der Waals surface area contributed by atoms with Crippen LogP contribution in [0.3, 0.4) is 0 Å². The van der Waals surface area contributed by atoms with E-state index in [1.54, 1.807) is 0 Å². The summed E-state index contributed by atoms with van der Waals surface area (Å²) in [6.07, 6.45) is 4.46. The quantitative estimate of drug-likeness (QED) is 0.939. The van der Waals surface area contributed by atoms with E-state index >= 15 is 0 Å². The average Bonchev–Trinajstić information content (AvgIpc) is 3.10. The van der Waals surface area contributed by atoms with E-state index in [-0.39, 0.29) is 0 Å². The van der Waals surface area contributed by atoms with Gasteiger partial charge in [-0.05, 0) is 49.2 Å². The van der Waals surface area contributed by atoms with Gasteiger partial charge in [-0.25, -0.2) is 8.42 Å². The number of likely N-dealkylation sites (tertiary alicyclic amines) is 1. The second kappa shape index (κ2) is 5.95. The average molecular weight is 332 g/mol. The highest BCUT2D eigenvalue weighted by atomic mass is 32.2. The molecule has 2 aromatic rings. The molecule has 0 unspecified atom stereocenters. The van der Waals surface area contributed by atoms with Crippen molar-refractivity contribution in [2.45, 2.75) is 31.7 Å². The van der Waals surface area contributed by atoms with Crippen molar-refractivity contribution in [1.29, 1.82) is 0 Å². The molecule has 124 valence electrons. The number of H-pyrrole nitrogens is 1.